The van der Waals surface area contributed by atoms with E-state index < -0.39 is 12.6 Å². The zero-order chi connectivity index (χ0) is 20.9. The molecule has 5 nitrogen and oxygen atoms in total. The van der Waals surface area contributed by atoms with E-state index in [4.69, 9.17) is 25.5 Å². The summed E-state index contributed by atoms with van der Waals surface area (Å²) in [7, 11) is 0. The number of benzene rings is 3. The Balaban J connectivity index is 1.61. The summed E-state index contributed by atoms with van der Waals surface area (Å²) in [5.74, 6) is -0.410. The molecule has 0 N–H and O–H groups in total. The largest absolute Gasteiger partial charge is 0.474 e. The van der Waals surface area contributed by atoms with E-state index in [-0.39, 0.29) is 23.5 Å². The normalized spacial score (nSPS) is 10.7. The number of hydrogen-bond donors (Lipinski definition) is 0. The number of carbonyl (C=O) groups excluding carboxylic acids is 1. The van der Waals surface area contributed by atoms with Crippen LogP contribution in [0.4, 0.5) is 0 Å². The molecule has 4 aromatic rings. The number of hydrogen-bond acceptors (Lipinski definition) is 5. The SMILES string of the molecule is O=C(COc1c(-c2ccc(Cl)cc2)oc2ccccc2c1=O)OCc1ccccc1. The molecule has 0 spiro atoms. The second kappa shape index (κ2) is 8.84. The summed E-state index contributed by atoms with van der Waals surface area (Å²) in [6.45, 7) is -0.296. The Morgan fingerprint density at radius 3 is 2.37 bits per heavy atom. The van der Waals surface area contributed by atoms with E-state index in [2.05, 4.69) is 0 Å². The molecule has 0 fully saturated rings. The first-order valence-electron chi connectivity index (χ1n) is 9.26. The number of halogens is 1. The third-order valence-electron chi connectivity index (χ3n) is 4.44. The second-order valence-corrected chi connectivity index (χ2v) is 6.96. The molecule has 0 aliphatic heterocycles. The van der Waals surface area contributed by atoms with E-state index in [0.29, 0.717) is 21.6 Å². The van der Waals surface area contributed by atoms with Crippen LogP contribution >= 0.6 is 11.6 Å². The van der Waals surface area contributed by atoms with Gasteiger partial charge in [0.1, 0.15) is 12.2 Å². The van der Waals surface area contributed by atoms with Crippen molar-refractivity contribution >= 4 is 28.5 Å². The molecule has 0 saturated heterocycles. The number of fused-ring (bicyclic) bond motifs is 1. The van der Waals surface area contributed by atoms with Crippen LogP contribution in [0.3, 0.4) is 0 Å². The van der Waals surface area contributed by atoms with Crippen molar-refractivity contribution in [3.05, 3.63) is 99.7 Å². The van der Waals surface area contributed by atoms with E-state index in [0.717, 1.165) is 5.56 Å². The van der Waals surface area contributed by atoms with E-state index >= 15 is 0 Å². The highest BCUT2D eigenvalue weighted by Gasteiger charge is 2.19. The lowest BCUT2D eigenvalue weighted by Gasteiger charge is -2.12. The van der Waals surface area contributed by atoms with Crippen LogP contribution in [0.15, 0.2) is 88.1 Å². The van der Waals surface area contributed by atoms with Crippen molar-refractivity contribution < 1.29 is 18.7 Å². The summed E-state index contributed by atoms with van der Waals surface area (Å²) in [5.41, 5.74) is 1.52. The summed E-state index contributed by atoms with van der Waals surface area (Å²) in [5, 5.41) is 0.914. The Morgan fingerprint density at radius 2 is 1.60 bits per heavy atom. The molecule has 0 bridgehead atoms. The van der Waals surface area contributed by atoms with Crippen molar-refractivity contribution in [2.24, 2.45) is 0 Å². The molecule has 3 aromatic carbocycles. The van der Waals surface area contributed by atoms with E-state index in [9.17, 15) is 9.59 Å². The Kier molecular flexibility index (Phi) is 5.82. The van der Waals surface area contributed by atoms with Crippen molar-refractivity contribution in [2.75, 3.05) is 6.61 Å². The first-order chi connectivity index (χ1) is 14.6. The van der Waals surface area contributed by atoms with Gasteiger partial charge in [-0.2, -0.15) is 0 Å². The van der Waals surface area contributed by atoms with Crippen LogP contribution in [0.2, 0.25) is 5.02 Å². The highest BCUT2D eigenvalue weighted by Crippen LogP contribution is 2.31. The number of esters is 1. The van der Waals surface area contributed by atoms with Crippen LogP contribution in [0, 0.1) is 0 Å². The molecule has 4 rings (SSSR count). The van der Waals surface area contributed by atoms with Gasteiger partial charge in [0, 0.05) is 10.6 Å². The maximum absolute atomic E-state index is 13.0. The molecule has 0 saturated carbocycles. The molecular weight excluding hydrogens is 404 g/mol. The van der Waals surface area contributed by atoms with Gasteiger partial charge in [-0.15, -0.1) is 0 Å². The van der Waals surface area contributed by atoms with Crippen molar-refractivity contribution in [1.82, 2.24) is 0 Å². The molecule has 0 atom stereocenters. The Morgan fingerprint density at radius 1 is 0.900 bits per heavy atom. The standard InChI is InChI=1S/C24H17ClO5/c25-18-12-10-17(11-13-18)23-24(22(27)19-8-4-5-9-20(19)30-23)29-15-21(26)28-14-16-6-2-1-3-7-16/h1-13H,14-15H2. The fraction of sp³-hybridized carbons (Fsp3) is 0.0833. The van der Waals surface area contributed by atoms with Crippen LogP contribution in [-0.4, -0.2) is 12.6 Å². The average Bonchev–Trinajstić information content (AvgIpc) is 2.78. The first kappa shape index (κ1) is 19.7. The fourth-order valence-electron chi connectivity index (χ4n) is 2.96. The van der Waals surface area contributed by atoms with Crippen LogP contribution in [0.1, 0.15) is 5.56 Å². The van der Waals surface area contributed by atoms with Gasteiger partial charge in [-0.1, -0.05) is 54.1 Å². The third-order valence-corrected chi connectivity index (χ3v) is 4.69. The second-order valence-electron chi connectivity index (χ2n) is 6.53. The average molecular weight is 421 g/mol. The first-order valence-corrected chi connectivity index (χ1v) is 9.64. The van der Waals surface area contributed by atoms with Gasteiger partial charge in [0.05, 0.1) is 5.39 Å². The molecule has 1 aromatic heterocycles. The number of ether oxygens (including phenoxy) is 2. The van der Waals surface area contributed by atoms with Crippen LogP contribution in [0.5, 0.6) is 5.75 Å². The van der Waals surface area contributed by atoms with Crippen molar-refractivity contribution in [3.63, 3.8) is 0 Å². The Labute approximate surface area is 177 Å². The van der Waals surface area contributed by atoms with Gasteiger partial charge in [0.2, 0.25) is 11.2 Å². The molecule has 1 heterocycles. The minimum absolute atomic E-state index is 0.0484. The minimum Gasteiger partial charge on any atom is -0.474 e. The number of para-hydroxylation sites is 1. The molecule has 0 amide bonds. The van der Waals surface area contributed by atoms with E-state index in [1.807, 2.05) is 30.3 Å². The summed E-state index contributed by atoms with van der Waals surface area (Å²) >= 11 is 5.97. The third kappa shape index (κ3) is 4.36. The van der Waals surface area contributed by atoms with Crippen molar-refractivity contribution in [3.8, 4) is 17.1 Å². The number of rotatable bonds is 6. The van der Waals surface area contributed by atoms with Gasteiger partial charge < -0.3 is 13.9 Å². The molecule has 0 unspecified atom stereocenters. The summed E-state index contributed by atoms with van der Waals surface area (Å²) in [6.07, 6.45) is 0. The lowest BCUT2D eigenvalue weighted by molar-refractivity contribution is -0.147. The molecule has 30 heavy (non-hydrogen) atoms. The summed E-state index contributed by atoms with van der Waals surface area (Å²) in [6, 6.07) is 23.0. The van der Waals surface area contributed by atoms with Gasteiger partial charge >= 0.3 is 5.97 Å². The van der Waals surface area contributed by atoms with E-state index in [1.165, 1.54) is 0 Å². The monoisotopic (exact) mass is 420 g/mol. The molecule has 150 valence electrons. The molecule has 0 radical (unpaired) electrons. The van der Waals surface area contributed by atoms with Crippen molar-refractivity contribution in [2.45, 2.75) is 6.61 Å². The van der Waals surface area contributed by atoms with Gasteiger partial charge in [0.15, 0.2) is 12.4 Å². The van der Waals surface area contributed by atoms with Crippen LogP contribution in [-0.2, 0) is 16.1 Å². The smallest absolute Gasteiger partial charge is 0.344 e. The lowest BCUT2D eigenvalue weighted by atomic mass is 10.1. The van der Waals surface area contributed by atoms with Gasteiger partial charge in [-0.3, -0.25) is 4.79 Å². The number of carbonyl (C=O) groups is 1. The lowest BCUT2D eigenvalue weighted by Crippen LogP contribution is -2.18. The minimum atomic E-state index is -0.589. The zero-order valence-corrected chi connectivity index (χ0v) is 16.6. The van der Waals surface area contributed by atoms with Gasteiger partial charge in [-0.25, -0.2) is 4.79 Å². The molecule has 0 aliphatic rings. The maximum atomic E-state index is 13.0. The van der Waals surface area contributed by atoms with E-state index in [1.54, 1.807) is 48.5 Å². The predicted molar refractivity (Wildman–Crippen MR) is 115 cm³/mol. The molecule has 0 aliphatic carbocycles. The van der Waals surface area contributed by atoms with Crippen LogP contribution < -0.4 is 10.2 Å². The Hall–Kier alpha value is -3.57. The van der Waals surface area contributed by atoms with Gasteiger partial charge in [-0.05, 0) is 42.0 Å². The van der Waals surface area contributed by atoms with Crippen molar-refractivity contribution in [1.29, 1.82) is 0 Å². The quantitative estimate of drug-likeness (QED) is 0.399. The Bertz CT molecular complexity index is 1230. The van der Waals surface area contributed by atoms with Gasteiger partial charge in [0.25, 0.3) is 0 Å². The highest BCUT2D eigenvalue weighted by molar-refractivity contribution is 6.30. The zero-order valence-electron chi connectivity index (χ0n) is 15.8. The highest BCUT2D eigenvalue weighted by atomic mass is 35.5. The summed E-state index contributed by atoms with van der Waals surface area (Å²) in [4.78, 5) is 25.2. The fourth-order valence-corrected chi connectivity index (χ4v) is 3.08. The topological polar surface area (TPSA) is 65.7 Å². The van der Waals surface area contributed by atoms with Crippen LogP contribution in [0.25, 0.3) is 22.3 Å². The summed E-state index contributed by atoms with van der Waals surface area (Å²) < 4.78 is 16.8. The maximum Gasteiger partial charge on any atom is 0.344 e. The molecular formula is C24H17ClO5. The predicted octanol–water partition coefficient (Wildman–Crippen LogP) is 5.24. The molecule has 6 heteroatoms.